The molecule has 7 heteroatoms. The summed E-state index contributed by atoms with van der Waals surface area (Å²) in [6, 6.07) is 12.0. The monoisotopic (exact) mass is 357 g/mol. The van der Waals surface area contributed by atoms with Gasteiger partial charge < -0.3 is 4.90 Å². The van der Waals surface area contributed by atoms with E-state index in [9.17, 15) is 13.2 Å². The van der Waals surface area contributed by atoms with Crippen molar-refractivity contribution in [2.75, 3.05) is 26.2 Å². The van der Waals surface area contributed by atoms with Crippen molar-refractivity contribution in [2.45, 2.75) is 4.90 Å². The van der Waals surface area contributed by atoms with Crippen molar-refractivity contribution >= 4 is 22.0 Å². The second-order valence-corrected chi connectivity index (χ2v) is 7.60. The number of carbonyl (C=O) groups is 1. The first-order chi connectivity index (χ1) is 12.1. The standard InChI is InChI=1S/C18H19N3O3S/c22-18(9-8-16-5-4-10-19-15-16)20-11-13-21(14-12-20)25(23,24)17-6-2-1-3-7-17/h1-10,15H,11-14H2/b9-8+. The summed E-state index contributed by atoms with van der Waals surface area (Å²) in [5.74, 6) is -0.124. The molecule has 1 saturated heterocycles. The van der Waals surface area contributed by atoms with Gasteiger partial charge in [0.1, 0.15) is 0 Å². The van der Waals surface area contributed by atoms with E-state index in [1.54, 1.807) is 59.8 Å². The van der Waals surface area contributed by atoms with Crippen LogP contribution in [0.1, 0.15) is 5.56 Å². The number of amides is 1. The van der Waals surface area contributed by atoms with E-state index < -0.39 is 10.0 Å². The summed E-state index contributed by atoms with van der Waals surface area (Å²) in [6.45, 7) is 1.35. The molecule has 6 nitrogen and oxygen atoms in total. The van der Waals surface area contributed by atoms with Crippen molar-refractivity contribution in [3.05, 3.63) is 66.5 Å². The Morgan fingerprint density at radius 1 is 1.00 bits per heavy atom. The van der Waals surface area contributed by atoms with Crippen LogP contribution in [0.25, 0.3) is 6.08 Å². The summed E-state index contributed by atoms with van der Waals surface area (Å²) in [7, 11) is -3.50. The van der Waals surface area contributed by atoms with Gasteiger partial charge >= 0.3 is 0 Å². The maximum Gasteiger partial charge on any atom is 0.246 e. The molecular weight excluding hydrogens is 338 g/mol. The second-order valence-electron chi connectivity index (χ2n) is 5.66. The number of hydrogen-bond acceptors (Lipinski definition) is 4. The predicted molar refractivity (Wildman–Crippen MR) is 95.1 cm³/mol. The number of piperazine rings is 1. The molecule has 1 aromatic heterocycles. The number of carbonyl (C=O) groups excluding carboxylic acids is 1. The molecule has 0 radical (unpaired) electrons. The molecule has 0 N–H and O–H groups in total. The summed E-state index contributed by atoms with van der Waals surface area (Å²) in [5, 5.41) is 0. The smallest absolute Gasteiger partial charge is 0.246 e. The van der Waals surface area contributed by atoms with E-state index in [2.05, 4.69) is 4.98 Å². The van der Waals surface area contributed by atoms with Crippen LogP contribution in [-0.4, -0.2) is 54.7 Å². The van der Waals surface area contributed by atoms with Gasteiger partial charge in [-0.05, 0) is 29.8 Å². The lowest BCUT2D eigenvalue weighted by atomic mass is 10.2. The first-order valence-corrected chi connectivity index (χ1v) is 9.43. The zero-order valence-corrected chi connectivity index (χ0v) is 14.5. The molecule has 0 aliphatic carbocycles. The Balaban J connectivity index is 1.60. The number of aromatic nitrogens is 1. The van der Waals surface area contributed by atoms with Gasteiger partial charge in [0, 0.05) is 44.6 Å². The minimum Gasteiger partial charge on any atom is -0.337 e. The fourth-order valence-electron chi connectivity index (χ4n) is 2.64. The van der Waals surface area contributed by atoms with Crippen LogP contribution in [0.15, 0.2) is 65.8 Å². The van der Waals surface area contributed by atoms with Gasteiger partial charge in [0.2, 0.25) is 15.9 Å². The van der Waals surface area contributed by atoms with Crippen LogP contribution in [0.3, 0.4) is 0 Å². The topological polar surface area (TPSA) is 70.6 Å². The number of rotatable bonds is 4. The van der Waals surface area contributed by atoms with Gasteiger partial charge in [-0.3, -0.25) is 9.78 Å². The Labute approximate surface area is 147 Å². The molecular formula is C18H19N3O3S. The van der Waals surface area contributed by atoms with E-state index in [4.69, 9.17) is 0 Å². The Morgan fingerprint density at radius 2 is 1.72 bits per heavy atom. The normalized spacial score (nSPS) is 16.2. The van der Waals surface area contributed by atoms with Gasteiger partial charge in [0.25, 0.3) is 0 Å². The number of sulfonamides is 1. The molecule has 3 rings (SSSR count). The lowest BCUT2D eigenvalue weighted by molar-refractivity contribution is -0.127. The van der Waals surface area contributed by atoms with E-state index >= 15 is 0 Å². The van der Waals surface area contributed by atoms with Gasteiger partial charge in [0.05, 0.1) is 4.90 Å². The Hall–Kier alpha value is -2.51. The van der Waals surface area contributed by atoms with Crippen molar-refractivity contribution in [3.63, 3.8) is 0 Å². The van der Waals surface area contributed by atoms with Crippen LogP contribution in [0.2, 0.25) is 0 Å². The molecule has 25 heavy (non-hydrogen) atoms. The fourth-order valence-corrected chi connectivity index (χ4v) is 4.08. The Morgan fingerprint density at radius 3 is 2.36 bits per heavy atom. The van der Waals surface area contributed by atoms with Crippen LogP contribution in [-0.2, 0) is 14.8 Å². The van der Waals surface area contributed by atoms with Gasteiger partial charge in [0.15, 0.2) is 0 Å². The molecule has 130 valence electrons. The number of nitrogens with zero attached hydrogens (tertiary/aromatic N) is 3. The van der Waals surface area contributed by atoms with Crippen molar-refractivity contribution in [1.82, 2.24) is 14.2 Å². The van der Waals surface area contributed by atoms with Crippen LogP contribution < -0.4 is 0 Å². The highest BCUT2D eigenvalue weighted by Gasteiger charge is 2.29. The summed E-state index contributed by atoms with van der Waals surface area (Å²) in [5.41, 5.74) is 0.848. The summed E-state index contributed by atoms with van der Waals surface area (Å²) in [4.78, 5) is 18.2. The van der Waals surface area contributed by atoms with Crippen molar-refractivity contribution < 1.29 is 13.2 Å². The minimum absolute atomic E-state index is 0.124. The van der Waals surface area contributed by atoms with Crippen molar-refractivity contribution in [2.24, 2.45) is 0 Å². The van der Waals surface area contributed by atoms with E-state index in [1.165, 1.54) is 10.4 Å². The molecule has 0 spiro atoms. The Kier molecular flexibility index (Phi) is 5.25. The molecule has 0 bridgehead atoms. The van der Waals surface area contributed by atoms with E-state index in [0.717, 1.165) is 5.56 Å². The van der Waals surface area contributed by atoms with E-state index in [1.807, 2.05) is 6.07 Å². The summed E-state index contributed by atoms with van der Waals surface area (Å²) >= 11 is 0. The molecule has 2 heterocycles. The third-order valence-electron chi connectivity index (χ3n) is 4.03. The van der Waals surface area contributed by atoms with Gasteiger partial charge in [-0.2, -0.15) is 4.31 Å². The zero-order chi connectivity index (χ0) is 17.7. The average Bonchev–Trinajstić information content (AvgIpc) is 2.68. The molecule has 2 aromatic rings. The highest BCUT2D eigenvalue weighted by Crippen LogP contribution is 2.17. The average molecular weight is 357 g/mol. The molecule has 0 saturated carbocycles. The molecule has 0 unspecified atom stereocenters. The molecule has 1 aliphatic heterocycles. The second kappa shape index (κ2) is 7.58. The van der Waals surface area contributed by atoms with Crippen LogP contribution in [0.4, 0.5) is 0 Å². The number of benzene rings is 1. The van der Waals surface area contributed by atoms with Crippen LogP contribution in [0, 0.1) is 0 Å². The fraction of sp³-hybridized carbons (Fsp3) is 0.222. The van der Waals surface area contributed by atoms with Crippen molar-refractivity contribution in [3.8, 4) is 0 Å². The predicted octanol–water partition coefficient (Wildman–Crippen LogP) is 1.63. The largest absolute Gasteiger partial charge is 0.337 e. The first-order valence-electron chi connectivity index (χ1n) is 7.99. The number of pyridine rings is 1. The summed E-state index contributed by atoms with van der Waals surface area (Å²) < 4.78 is 26.6. The molecule has 1 amide bonds. The Bertz CT molecular complexity index is 844. The number of hydrogen-bond donors (Lipinski definition) is 0. The minimum atomic E-state index is -3.50. The molecule has 1 aromatic carbocycles. The third-order valence-corrected chi connectivity index (χ3v) is 5.95. The SMILES string of the molecule is O=C(/C=C/c1cccnc1)N1CCN(S(=O)(=O)c2ccccc2)CC1. The molecule has 1 fully saturated rings. The summed E-state index contributed by atoms with van der Waals surface area (Å²) in [6.07, 6.45) is 6.56. The van der Waals surface area contributed by atoms with Crippen LogP contribution >= 0.6 is 0 Å². The van der Waals surface area contributed by atoms with Gasteiger partial charge in [-0.25, -0.2) is 8.42 Å². The quantitative estimate of drug-likeness (QED) is 0.780. The van der Waals surface area contributed by atoms with Gasteiger partial charge in [-0.15, -0.1) is 0 Å². The maximum absolute atomic E-state index is 12.6. The van der Waals surface area contributed by atoms with E-state index in [0.29, 0.717) is 26.2 Å². The van der Waals surface area contributed by atoms with Gasteiger partial charge in [-0.1, -0.05) is 24.3 Å². The lowest BCUT2D eigenvalue weighted by Gasteiger charge is -2.33. The molecule has 1 aliphatic rings. The third kappa shape index (κ3) is 4.12. The van der Waals surface area contributed by atoms with E-state index in [-0.39, 0.29) is 10.8 Å². The highest BCUT2D eigenvalue weighted by atomic mass is 32.2. The highest BCUT2D eigenvalue weighted by molar-refractivity contribution is 7.89. The lowest BCUT2D eigenvalue weighted by Crippen LogP contribution is -2.50. The first kappa shape index (κ1) is 17.3. The van der Waals surface area contributed by atoms with Crippen molar-refractivity contribution in [1.29, 1.82) is 0 Å². The molecule has 0 atom stereocenters. The van der Waals surface area contributed by atoms with Crippen LogP contribution in [0.5, 0.6) is 0 Å². The zero-order valence-electron chi connectivity index (χ0n) is 13.7. The maximum atomic E-state index is 12.6.